The van der Waals surface area contributed by atoms with Gasteiger partial charge in [-0.15, -0.1) is 6.42 Å². The summed E-state index contributed by atoms with van der Waals surface area (Å²) in [5.74, 6) is 2.85. The molecule has 0 N–H and O–H groups in total. The second-order valence-electron chi connectivity index (χ2n) is 14.2. The van der Waals surface area contributed by atoms with Crippen LogP contribution in [0, 0.1) is 35.8 Å². The van der Waals surface area contributed by atoms with E-state index in [1.54, 1.807) is 24.4 Å². The summed E-state index contributed by atoms with van der Waals surface area (Å²) in [4.78, 5) is 28.0. The highest BCUT2D eigenvalue weighted by Crippen LogP contribution is 2.42. The first-order valence-electron chi connectivity index (χ1n) is 17.4. The molecule has 1 aliphatic heterocycles. The van der Waals surface area contributed by atoms with Gasteiger partial charge in [-0.25, -0.2) is 8.78 Å². The van der Waals surface area contributed by atoms with Crippen LogP contribution in [0.4, 0.5) is 14.6 Å². The number of esters is 1. The molecule has 2 unspecified atom stereocenters. The molecule has 51 heavy (non-hydrogen) atoms. The molecule has 0 radical (unpaired) electrons. The van der Waals surface area contributed by atoms with Crippen LogP contribution in [0.1, 0.15) is 64.9 Å². The number of carbonyl (C=O) groups is 1. The summed E-state index contributed by atoms with van der Waals surface area (Å²) in [5.41, 5.74) is -0.298. The Kier molecular flexibility index (Phi) is 11.2. The molecular weight excluding hydrogens is 658 g/mol. The Morgan fingerprint density at radius 3 is 2.53 bits per heavy atom. The monoisotopic (exact) mass is 702 g/mol. The maximum Gasteiger partial charge on any atom is 0.319 e. The van der Waals surface area contributed by atoms with Crippen LogP contribution >= 0.6 is 0 Å². The lowest BCUT2D eigenvalue weighted by Gasteiger charge is -2.33. The van der Waals surface area contributed by atoms with Gasteiger partial charge in [0, 0.05) is 44.0 Å². The number of halogens is 2. The molecule has 270 valence electrons. The van der Waals surface area contributed by atoms with Crippen molar-refractivity contribution in [3.05, 3.63) is 47.7 Å². The van der Waals surface area contributed by atoms with Gasteiger partial charge in [0.05, 0.1) is 30.6 Å². The average Bonchev–Trinajstić information content (AvgIpc) is 3.44. The van der Waals surface area contributed by atoms with Gasteiger partial charge in [-0.1, -0.05) is 12.0 Å². The van der Waals surface area contributed by atoms with E-state index in [2.05, 4.69) is 20.8 Å². The number of carbonyl (C=O) groups excluding carboxylic acids is 1. The Bertz CT molecular complexity index is 1930. The predicted molar refractivity (Wildman–Crippen MR) is 190 cm³/mol. The second kappa shape index (κ2) is 15.7. The number of hydrogen-bond donors (Lipinski definition) is 0. The van der Waals surface area contributed by atoms with E-state index in [9.17, 15) is 9.18 Å². The number of pyridine rings is 1. The predicted octanol–water partition coefficient (Wildman–Crippen LogP) is 7.23. The molecule has 3 heterocycles. The van der Waals surface area contributed by atoms with Crippen LogP contribution in [0.5, 0.6) is 11.8 Å². The minimum absolute atomic E-state index is 0.00732. The van der Waals surface area contributed by atoms with Crippen LogP contribution in [-0.2, 0) is 19.0 Å². The fourth-order valence-corrected chi connectivity index (χ4v) is 6.97. The first-order chi connectivity index (χ1) is 24.5. The Labute approximate surface area is 296 Å². The molecule has 1 saturated heterocycles. The minimum atomic E-state index is -0.711. The van der Waals surface area contributed by atoms with Gasteiger partial charge in [-0.3, -0.25) is 9.78 Å². The van der Waals surface area contributed by atoms with Crippen LogP contribution in [0.15, 0.2) is 30.5 Å². The van der Waals surface area contributed by atoms with Crippen LogP contribution in [0.25, 0.3) is 32.9 Å². The fraction of sp³-hybridized carbons (Fsp3) is 0.487. The van der Waals surface area contributed by atoms with Crippen LogP contribution in [0.3, 0.4) is 0 Å². The van der Waals surface area contributed by atoms with Crippen molar-refractivity contribution in [3.8, 4) is 35.4 Å². The van der Waals surface area contributed by atoms with E-state index in [1.807, 2.05) is 20.8 Å². The van der Waals surface area contributed by atoms with Gasteiger partial charge in [0.25, 0.3) is 0 Å². The summed E-state index contributed by atoms with van der Waals surface area (Å²) in [6.45, 7) is 8.03. The van der Waals surface area contributed by atoms with Gasteiger partial charge in [0.15, 0.2) is 12.6 Å². The van der Waals surface area contributed by atoms with Gasteiger partial charge >= 0.3 is 12.0 Å². The number of hydrogen-bond acceptors (Lipinski definition) is 10. The lowest BCUT2D eigenvalue weighted by atomic mass is 9.95. The average molecular weight is 703 g/mol. The summed E-state index contributed by atoms with van der Waals surface area (Å²) in [6.07, 6.45) is 12.3. The van der Waals surface area contributed by atoms with Crippen molar-refractivity contribution in [2.24, 2.45) is 11.8 Å². The zero-order valence-corrected chi connectivity index (χ0v) is 29.6. The molecule has 6 rings (SSSR count). The zero-order valence-electron chi connectivity index (χ0n) is 29.6. The summed E-state index contributed by atoms with van der Waals surface area (Å²) in [5, 5.41) is 1.35. The van der Waals surface area contributed by atoms with Gasteiger partial charge in [-0.2, -0.15) is 9.97 Å². The summed E-state index contributed by atoms with van der Waals surface area (Å²) < 4.78 is 59.6. The molecule has 2 aromatic heterocycles. The van der Waals surface area contributed by atoms with Crippen molar-refractivity contribution in [3.63, 3.8) is 0 Å². The first-order valence-corrected chi connectivity index (χ1v) is 17.4. The standard InChI is InChI=1S/C39H44F2N4O6/c1-6-28-31(40)12-11-26-18-27(50-23-47-5)19-29(33(26)28)35-34(41)36-30(20-42-35)37(45-21-24-9-10-25(17-24)22-45)44-38(43-36)49-15-8-7-14-48-16-13-32(46)51-39(2,3)4/h1,11-12,18-20,24-25H,7-10,13-17,21-23H2,2-5H3. The number of fused-ring (bicyclic) bond motifs is 4. The van der Waals surface area contributed by atoms with Crippen molar-refractivity contribution in [1.29, 1.82) is 0 Å². The van der Waals surface area contributed by atoms with E-state index in [-0.39, 0.29) is 60.7 Å². The van der Waals surface area contributed by atoms with Gasteiger partial charge in [0.1, 0.15) is 34.2 Å². The lowest BCUT2D eigenvalue weighted by molar-refractivity contribution is -0.156. The third-order valence-electron chi connectivity index (χ3n) is 9.12. The summed E-state index contributed by atoms with van der Waals surface area (Å²) in [7, 11) is 1.49. The highest BCUT2D eigenvalue weighted by molar-refractivity contribution is 6.03. The van der Waals surface area contributed by atoms with Gasteiger partial charge in [-0.05, 0) is 88.3 Å². The smallest absolute Gasteiger partial charge is 0.319 e. The Balaban J connectivity index is 1.28. The number of terminal acetylenes is 1. The van der Waals surface area contributed by atoms with Crippen LogP contribution < -0.4 is 14.4 Å². The maximum atomic E-state index is 16.9. The van der Waals surface area contributed by atoms with Crippen molar-refractivity contribution < 1.29 is 37.3 Å². The SMILES string of the molecule is C#Cc1c(F)ccc2cc(OCOC)cc(-c3ncc4c(N5CC6CCC(C6)C5)nc(OCCCCOCCC(=O)OC(C)(C)C)nc4c3F)c12. The number of benzene rings is 2. The molecule has 0 spiro atoms. The molecule has 2 aromatic carbocycles. The Morgan fingerprint density at radius 1 is 1.04 bits per heavy atom. The third kappa shape index (κ3) is 8.48. The van der Waals surface area contributed by atoms with E-state index in [1.165, 1.54) is 19.6 Å². The Hall–Kier alpha value is -4.60. The molecule has 2 fully saturated rings. The number of unbranched alkanes of at least 4 members (excludes halogenated alkanes) is 1. The first kappa shape index (κ1) is 36.2. The van der Waals surface area contributed by atoms with Gasteiger partial charge < -0.3 is 28.6 Å². The van der Waals surface area contributed by atoms with Crippen LogP contribution in [-0.4, -0.2) is 73.3 Å². The molecular formula is C39H44F2N4O6. The van der Waals surface area contributed by atoms with E-state index < -0.39 is 17.2 Å². The molecule has 2 atom stereocenters. The molecule has 4 aromatic rings. The van der Waals surface area contributed by atoms with E-state index in [4.69, 9.17) is 35.1 Å². The lowest BCUT2D eigenvalue weighted by Crippen LogP contribution is -2.37. The highest BCUT2D eigenvalue weighted by Gasteiger charge is 2.35. The zero-order chi connectivity index (χ0) is 36.1. The van der Waals surface area contributed by atoms with Gasteiger partial charge in [0.2, 0.25) is 0 Å². The van der Waals surface area contributed by atoms with Crippen molar-refractivity contribution in [2.45, 2.75) is 64.9 Å². The molecule has 2 bridgehead atoms. The number of rotatable bonds is 14. The number of ether oxygens (including phenoxy) is 5. The second-order valence-corrected chi connectivity index (χ2v) is 14.2. The van der Waals surface area contributed by atoms with E-state index in [0.717, 1.165) is 25.9 Å². The number of piperidine rings is 1. The maximum absolute atomic E-state index is 16.9. The van der Waals surface area contributed by atoms with E-state index in [0.29, 0.717) is 59.0 Å². The molecule has 12 heteroatoms. The molecule has 10 nitrogen and oxygen atoms in total. The number of aromatic nitrogens is 3. The van der Waals surface area contributed by atoms with E-state index >= 15 is 4.39 Å². The third-order valence-corrected chi connectivity index (χ3v) is 9.12. The van der Waals surface area contributed by atoms with Crippen molar-refractivity contribution >= 4 is 33.5 Å². The summed E-state index contributed by atoms with van der Waals surface area (Å²) >= 11 is 0. The largest absolute Gasteiger partial charge is 0.468 e. The summed E-state index contributed by atoms with van der Waals surface area (Å²) in [6, 6.07) is 6.17. The fourth-order valence-electron chi connectivity index (χ4n) is 6.97. The minimum Gasteiger partial charge on any atom is -0.468 e. The highest BCUT2D eigenvalue weighted by atomic mass is 19.1. The Morgan fingerprint density at radius 2 is 1.80 bits per heavy atom. The van der Waals surface area contributed by atoms with Crippen molar-refractivity contribution in [1.82, 2.24) is 15.0 Å². The molecule has 2 aliphatic rings. The molecule has 1 aliphatic carbocycles. The van der Waals surface area contributed by atoms with Crippen molar-refractivity contribution in [2.75, 3.05) is 51.7 Å². The number of methoxy groups -OCH3 is 1. The topological polar surface area (TPSA) is 105 Å². The normalized spacial score (nSPS) is 17.2. The quantitative estimate of drug-likeness (QED) is 0.0579. The van der Waals surface area contributed by atoms with Crippen LogP contribution in [0.2, 0.25) is 0 Å². The molecule has 1 saturated carbocycles. The molecule has 0 amide bonds. The number of nitrogens with zero attached hydrogens (tertiary/aromatic N) is 4. The number of anilines is 1.